The Morgan fingerprint density at radius 1 is 1.28 bits per heavy atom. The van der Waals surface area contributed by atoms with Crippen LogP contribution in [0.4, 0.5) is 5.69 Å². The van der Waals surface area contributed by atoms with Crippen LogP contribution in [0.5, 0.6) is 0 Å². The largest absolute Gasteiger partial charge is 0.321 e. The molecule has 0 radical (unpaired) electrons. The molecule has 1 aliphatic rings. The summed E-state index contributed by atoms with van der Waals surface area (Å²) < 4.78 is 2.04. The van der Waals surface area contributed by atoms with Gasteiger partial charge < -0.3 is 10.6 Å². The third kappa shape index (κ3) is 2.81. The molecule has 2 aromatic carbocycles. The number of hydrogen-bond donors (Lipinski definition) is 2. The molecular weight excluding hydrogens is 312 g/mol. The van der Waals surface area contributed by atoms with E-state index in [1.54, 1.807) is 0 Å². The lowest BCUT2D eigenvalue weighted by Crippen LogP contribution is -2.14. The van der Waals surface area contributed by atoms with Crippen molar-refractivity contribution in [3.8, 4) is 0 Å². The Kier molecular flexibility index (Phi) is 4.01. The average molecular weight is 334 g/mol. The number of anilines is 1. The van der Waals surface area contributed by atoms with Gasteiger partial charge in [0.25, 0.3) is 5.91 Å². The predicted octanol–water partition coefficient (Wildman–Crippen LogP) is 3.36. The molecule has 0 aliphatic carbocycles. The monoisotopic (exact) mass is 334 g/mol. The quantitative estimate of drug-likeness (QED) is 0.727. The molecule has 25 heavy (non-hydrogen) atoms. The number of rotatable bonds is 6. The first-order valence-corrected chi connectivity index (χ1v) is 8.71. The van der Waals surface area contributed by atoms with Crippen LogP contribution in [0.25, 0.3) is 10.8 Å². The highest BCUT2D eigenvalue weighted by Gasteiger charge is 2.22. The number of hydrogen-bond acceptors (Lipinski definition) is 3. The second-order valence-electron chi connectivity index (χ2n) is 6.70. The van der Waals surface area contributed by atoms with Crippen LogP contribution in [0.2, 0.25) is 0 Å². The molecule has 0 saturated heterocycles. The summed E-state index contributed by atoms with van der Waals surface area (Å²) in [5.74, 6) is -0.0103. The predicted molar refractivity (Wildman–Crippen MR) is 100 cm³/mol. The summed E-state index contributed by atoms with van der Waals surface area (Å²) in [5, 5.41) is 12.8. The second-order valence-corrected chi connectivity index (χ2v) is 6.70. The van der Waals surface area contributed by atoms with Crippen molar-refractivity contribution >= 4 is 22.4 Å². The third-order valence-electron chi connectivity index (χ3n) is 4.94. The van der Waals surface area contributed by atoms with Crippen molar-refractivity contribution in [1.82, 2.24) is 15.1 Å². The lowest BCUT2D eigenvalue weighted by molar-refractivity contribution is 0.103. The van der Waals surface area contributed by atoms with Gasteiger partial charge in [0.05, 0.1) is 12.2 Å². The SMILES string of the molecule is CNCCC(C)n1cc(Cc2ccc3c4c(cccc24)C(=O)N3)cn1. The molecular formula is C20H22N4O. The molecule has 4 rings (SSSR count). The number of carbonyl (C=O) groups excluding carboxylic acids is 1. The molecule has 5 nitrogen and oxygen atoms in total. The lowest BCUT2D eigenvalue weighted by Gasteiger charge is -2.11. The van der Waals surface area contributed by atoms with Gasteiger partial charge in [0.2, 0.25) is 0 Å². The maximum absolute atomic E-state index is 12.1. The van der Waals surface area contributed by atoms with E-state index >= 15 is 0 Å². The number of nitrogens with zero attached hydrogens (tertiary/aromatic N) is 2. The van der Waals surface area contributed by atoms with Crippen LogP contribution in [-0.2, 0) is 6.42 Å². The Balaban J connectivity index is 1.63. The fraction of sp³-hybridized carbons (Fsp3) is 0.300. The topological polar surface area (TPSA) is 59.0 Å². The summed E-state index contributed by atoms with van der Waals surface area (Å²) in [6, 6.07) is 10.4. The molecule has 3 aromatic rings. The first-order chi connectivity index (χ1) is 12.2. The molecule has 0 bridgehead atoms. The first-order valence-electron chi connectivity index (χ1n) is 8.71. The summed E-state index contributed by atoms with van der Waals surface area (Å²) in [5.41, 5.74) is 4.09. The van der Waals surface area contributed by atoms with Crippen molar-refractivity contribution in [2.75, 3.05) is 18.9 Å². The van der Waals surface area contributed by atoms with Crippen LogP contribution in [0.1, 0.15) is 40.9 Å². The Bertz CT molecular complexity index is 944. The Morgan fingerprint density at radius 2 is 2.16 bits per heavy atom. The van der Waals surface area contributed by atoms with E-state index in [1.165, 1.54) is 11.1 Å². The van der Waals surface area contributed by atoms with Crippen LogP contribution >= 0.6 is 0 Å². The smallest absolute Gasteiger partial charge is 0.256 e. The standard InChI is InChI=1S/C20H22N4O/c1-13(8-9-21-2)24-12-14(11-22-24)10-15-6-7-18-19-16(15)4-3-5-17(19)20(25)23-18/h3-7,11-13,21H,8-10H2,1-2H3,(H,23,25). The van der Waals surface area contributed by atoms with E-state index in [-0.39, 0.29) is 5.91 Å². The molecule has 1 aliphatic heterocycles. The van der Waals surface area contributed by atoms with Crippen molar-refractivity contribution in [3.05, 3.63) is 59.4 Å². The van der Waals surface area contributed by atoms with Gasteiger partial charge in [-0.25, -0.2) is 0 Å². The minimum Gasteiger partial charge on any atom is -0.321 e. The molecule has 1 aromatic heterocycles. The van der Waals surface area contributed by atoms with Crippen LogP contribution < -0.4 is 10.6 Å². The van der Waals surface area contributed by atoms with Gasteiger partial charge in [0.1, 0.15) is 0 Å². The van der Waals surface area contributed by atoms with Crippen molar-refractivity contribution in [2.45, 2.75) is 25.8 Å². The number of amides is 1. The zero-order chi connectivity index (χ0) is 17.4. The van der Waals surface area contributed by atoms with Gasteiger partial charge in [-0.2, -0.15) is 5.10 Å². The molecule has 1 unspecified atom stereocenters. The maximum atomic E-state index is 12.1. The molecule has 0 spiro atoms. The van der Waals surface area contributed by atoms with Gasteiger partial charge in [0, 0.05) is 29.3 Å². The van der Waals surface area contributed by atoms with Crippen LogP contribution in [0, 0.1) is 0 Å². The van der Waals surface area contributed by atoms with Gasteiger partial charge in [-0.1, -0.05) is 18.2 Å². The fourth-order valence-electron chi connectivity index (χ4n) is 3.52. The second kappa shape index (κ2) is 6.33. The van der Waals surface area contributed by atoms with Gasteiger partial charge in [-0.3, -0.25) is 9.48 Å². The Morgan fingerprint density at radius 3 is 3.00 bits per heavy atom. The van der Waals surface area contributed by atoms with E-state index in [4.69, 9.17) is 0 Å². The molecule has 1 atom stereocenters. The van der Waals surface area contributed by atoms with Gasteiger partial charge in [-0.05, 0) is 55.6 Å². The van der Waals surface area contributed by atoms with E-state index in [0.29, 0.717) is 6.04 Å². The number of carbonyl (C=O) groups is 1. The first kappa shape index (κ1) is 15.8. The van der Waals surface area contributed by atoms with Crippen LogP contribution in [0.3, 0.4) is 0 Å². The molecule has 1 amide bonds. The van der Waals surface area contributed by atoms with Crippen molar-refractivity contribution in [2.24, 2.45) is 0 Å². The molecule has 2 N–H and O–H groups in total. The molecule has 5 heteroatoms. The highest BCUT2D eigenvalue weighted by Crippen LogP contribution is 2.35. The average Bonchev–Trinajstić information content (AvgIpc) is 3.21. The van der Waals surface area contributed by atoms with Crippen molar-refractivity contribution in [3.63, 3.8) is 0 Å². The van der Waals surface area contributed by atoms with Gasteiger partial charge >= 0.3 is 0 Å². The summed E-state index contributed by atoms with van der Waals surface area (Å²) in [4.78, 5) is 12.1. The maximum Gasteiger partial charge on any atom is 0.256 e. The fourth-order valence-corrected chi connectivity index (χ4v) is 3.52. The zero-order valence-electron chi connectivity index (χ0n) is 14.5. The Labute approximate surface area is 147 Å². The number of aromatic nitrogens is 2. The van der Waals surface area contributed by atoms with Gasteiger partial charge in [0.15, 0.2) is 0 Å². The van der Waals surface area contributed by atoms with E-state index < -0.39 is 0 Å². The minimum absolute atomic E-state index is 0.0103. The third-order valence-corrected chi connectivity index (χ3v) is 4.94. The minimum atomic E-state index is -0.0103. The van der Waals surface area contributed by atoms with E-state index in [1.807, 2.05) is 36.1 Å². The van der Waals surface area contributed by atoms with Crippen molar-refractivity contribution in [1.29, 1.82) is 0 Å². The van der Waals surface area contributed by atoms with E-state index in [9.17, 15) is 4.79 Å². The summed E-state index contributed by atoms with van der Waals surface area (Å²) in [6.45, 7) is 3.16. The lowest BCUT2D eigenvalue weighted by atomic mass is 9.97. The highest BCUT2D eigenvalue weighted by molar-refractivity contribution is 6.24. The summed E-state index contributed by atoms with van der Waals surface area (Å²) in [7, 11) is 1.97. The van der Waals surface area contributed by atoms with Gasteiger partial charge in [-0.15, -0.1) is 0 Å². The van der Waals surface area contributed by atoms with Crippen molar-refractivity contribution < 1.29 is 4.79 Å². The summed E-state index contributed by atoms with van der Waals surface area (Å²) in [6.07, 6.45) is 5.94. The molecule has 0 saturated carbocycles. The summed E-state index contributed by atoms with van der Waals surface area (Å²) >= 11 is 0. The number of nitrogens with one attached hydrogen (secondary N) is 2. The van der Waals surface area contributed by atoms with Crippen LogP contribution in [0.15, 0.2) is 42.7 Å². The zero-order valence-corrected chi connectivity index (χ0v) is 14.5. The molecule has 2 heterocycles. The Hall–Kier alpha value is -2.66. The van der Waals surface area contributed by atoms with E-state index in [0.717, 1.165) is 41.4 Å². The van der Waals surface area contributed by atoms with E-state index in [2.05, 4.69) is 41.0 Å². The number of benzene rings is 2. The van der Waals surface area contributed by atoms with Crippen LogP contribution in [-0.4, -0.2) is 29.3 Å². The molecule has 128 valence electrons. The highest BCUT2D eigenvalue weighted by atomic mass is 16.1. The molecule has 0 fully saturated rings. The normalized spacial score (nSPS) is 14.1.